The van der Waals surface area contributed by atoms with E-state index < -0.39 is 11.9 Å². The molecule has 1 aromatic carbocycles. The van der Waals surface area contributed by atoms with Crippen molar-refractivity contribution in [2.45, 2.75) is 57.9 Å². The fourth-order valence-corrected chi connectivity index (χ4v) is 3.55. The Morgan fingerprint density at radius 3 is 2.65 bits per heavy atom. The fourth-order valence-electron chi connectivity index (χ4n) is 3.55. The maximum absolute atomic E-state index is 13.0. The van der Waals surface area contributed by atoms with E-state index in [4.69, 9.17) is 10.9 Å². The fraction of sp³-hybridized carbons (Fsp3) is 0.600. The Kier molecular flexibility index (Phi) is 7.17. The molecular weight excluding hydrogens is 330 g/mol. The van der Waals surface area contributed by atoms with Gasteiger partial charge in [0.2, 0.25) is 5.91 Å². The number of unbranched alkanes of at least 4 members (excludes halogenated alkanes) is 1. The van der Waals surface area contributed by atoms with Crippen LogP contribution in [-0.4, -0.2) is 41.6 Å². The molecule has 0 aliphatic heterocycles. The highest BCUT2D eigenvalue weighted by atomic mass is 16.5. The molecule has 6 heteroatoms. The Hall–Kier alpha value is -1.92. The number of amides is 2. The SMILES string of the molecule is Cc1cccc(CCC2(C(=O)N(C)C(CCCCN)C(=O)NO)CC2)c1. The molecule has 6 nitrogen and oxygen atoms in total. The third kappa shape index (κ3) is 5.05. The van der Waals surface area contributed by atoms with Crippen LogP contribution in [0.2, 0.25) is 0 Å². The number of hydroxylamine groups is 1. The molecule has 2 amide bonds. The molecule has 0 saturated heterocycles. The maximum Gasteiger partial charge on any atom is 0.266 e. The predicted molar refractivity (Wildman–Crippen MR) is 101 cm³/mol. The van der Waals surface area contributed by atoms with Gasteiger partial charge in [-0.1, -0.05) is 29.8 Å². The summed E-state index contributed by atoms with van der Waals surface area (Å²) in [5.74, 6) is -0.529. The van der Waals surface area contributed by atoms with Crippen LogP contribution < -0.4 is 11.2 Å². The number of likely N-dealkylation sites (N-methyl/N-ethyl adjacent to an activating group) is 1. The van der Waals surface area contributed by atoms with E-state index >= 15 is 0 Å². The van der Waals surface area contributed by atoms with Crippen molar-refractivity contribution >= 4 is 11.8 Å². The van der Waals surface area contributed by atoms with Gasteiger partial charge in [0, 0.05) is 12.5 Å². The summed E-state index contributed by atoms with van der Waals surface area (Å²) in [5, 5.41) is 9.03. The van der Waals surface area contributed by atoms with Gasteiger partial charge in [0.05, 0.1) is 0 Å². The standard InChI is InChI=1S/C20H31N3O3/c1-15-6-5-7-16(14-15)9-10-20(11-12-20)19(25)23(2)17(18(24)22-26)8-3-4-13-21/h5-7,14,17,26H,3-4,8-13,21H2,1-2H3,(H,22,24). The lowest BCUT2D eigenvalue weighted by Gasteiger charge is -2.30. The second kappa shape index (κ2) is 9.14. The van der Waals surface area contributed by atoms with Crippen LogP contribution in [0.4, 0.5) is 0 Å². The van der Waals surface area contributed by atoms with Gasteiger partial charge in [0.25, 0.3) is 5.91 Å². The number of hydrogen-bond acceptors (Lipinski definition) is 4. The molecule has 26 heavy (non-hydrogen) atoms. The zero-order valence-corrected chi connectivity index (χ0v) is 15.8. The van der Waals surface area contributed by atoms with Gasteiger partial charge in [-0.05, 0) is 64.0 Å². The first-order valence-corrected chi connectivity index (χ1v) is 9.40. The Morgan fingerprint density at radius 1 is 1.35 bits per heavy atom. The van der Waals surface area contributed by atoms with Crippen molar-refractivity contribution in [2.75, 3.05) is 13.6 Å². The van der Waals surface area contributed by atoms with Gasteiger partial charge in [-0.15, -0.1) is 0 Å². The molecule has 1 aliphatic carbocycles. The summed E-state index contributed by atoms with van der Waals surface area (Å²) in [5.41, 5.74) is 9.31. The topological polar surface area (TPSA) is 95.7 Å². The number of aryl methyl sites for hydroxylation is 2. The molecule has 1 fully saturated rings. The number of carbonyl (C=O) groups excluding carboxylic acids is 2. The third-order valence-electron chi connectivity index (χ3n) is 5.41. The lowest BCUT2D eigenvalue weighted by Crippen LogP contribution is -2.49. The Labute approximate surface area is 155 Å². The van der Waals surface area contributed by atoms with E-state index in [0.717, 1.165) is 38.5 Å². The molecule has 1 saturated carbocycles. The van der Waals surface area contributed by atoms with Gasteiger partial charge < -0.3 is 10.6 Å². The first-order valence-electron chi connectivity index (χ1n) is 9.40. The molecule has 0 bridgehead atoms. The number of nitrogens with zero attached hydrogens (tertiary/aromatic N) is 1. The first kappa shape index (κ1) is 20.4. The van der Waals surface area contributed by atoms with E-state index in [-0.39, 0.29) is 11.3 Å². The summed E-state index contributed by atoms with van der Waals surface area (Å²) in [4.78, 5) is 26.6. The first-order chi connectivity index (χ1) is 12.4. The summed E-state index contributed by atoms with van der Waals surface area (Å²) < 4.78 is 0. The smallest absolute Gasteiger partial charge is 0.266 e. The Morgan fingerprint density at radius 2 is 2.08 bits per heavy atom. The number of hydrogen-bond donors (Lipinski definition) is 3. The minimum Gasteiger partial charge on any atom is -0.333 e. The van der Waals surface area contributed by atoms with Gasteiger partial charge in [0.15, 0.2) is 0 Å². The number of carbonyl (C=O) groups is 2. The predicted octanol–water partition coefficient (Wildman–Crippen LogP) is 2.17. The van der Waals surface area contributed by atoms with E-state index in [9.17, 15) is 9.59 Å². The van der Waals surface area contributed by atoms with Crippen molar-refractivity contribution in [3.05, 3.63) is 35.4 Å². The average molecular weight is 361 g/mol. The minimum absolute atomic E-state index is 0.00602. The lowest BCUT2D eigenvalue weighted by atomic mass is 9.93. The number of rotatable bonds is 10. The van der Waals surface area contributed by atoms with E-state index in [1.807, 2.05) is 6.07 Å². The summed E-state index contributed by atoms with van der Waals surface area (Å²) in [6.07, 6.45) is 5.38. The van der Waals surface area contributed by atoms with Gasteiger partial charge in [0.1, 0.15) is 6.04 Å². The van der Waals surface area contributed by atoms with Crippen LogP contribution in [0, 0.1) is 12.3 Å². The maximum atomic E-state index is 13.0. The zero-order chi connectivity index (χ0) is 19.2. The molecule has 2 rings (SSSR count). The molecule has 1 aliphatic rings. The summed E-state index contributed by atoms with van der Waals surface area (Å²) >= 11 is 0. The summed E-state index contributed by atoms with van der Waals surface area (Å²) in [6, 6.07) is 7.69. The van der Waals surface area contributed by atoms with E-state index in [1.54, 1.807) is 12.5 Å². The number of nitrogens with two attached hydrogens (primary N) is 1. The van der Waals surface area contributed by atoms with Gasteiger partial charge >= 0.3 is 0 Å². The third-order valence-corrected chi connectivity index (χ3v) is 5.41. The van der Waals surface area contributed by atoms with Crippen LogP contribution in [0.5, 0.6) is 0 Å². The van der Waals surface area contributed by atoms with Gasteiger partial charge in [-0.2, -0.15) is 0 Å². The molecule has 0 spiro atoms. The zero-order valence-electron chi connectivity index (χ0n) is 15.8. The molecule has 1 aromatic rings. The van der Waals surface area contributed by atoms with Crippen LogP contribution in [0.1, 0.15) is 49.7 Å². The molecule has 1 atom stereocenters. The van der Waals surface area contributed by atoms with Gasteiger partial charge in [-0.3, -0.25) is 14.8 Å². The van der Waals surface area contributed by atoms with Crippen LogP contribution >= 0.6 is 0 Å². The molecule has 4 N–H and O–H groups in total. The van der Waals surface area contributed by atoms with E-state index in [0.29, 0.717) is 13.0 Å². The number of benzene rings is 1. The van der Waals surface area contributed by atoms with Crippen molar-refractivity contribution in [1.82, 2.24) is 10.4 Å². The second-order valence-corrected chi connectivity index (χ2v) is 7.46. The van der Waals surface area contributed by atoms with Crippen molar-refractivity contribution < 1.29 is 14.8 Å². The molecule has 1 unspecified atom stereocenters. The van der Waals surface area contributed by atoms with Crippen molar-refractivity contribution in [2.24, 2.45) is 11.1 Å². The van der Waals surface area contributed by atoms with E-state index in [1.165, 1.54) is 16.0 Å². The molecule has 0 radical (unpaired) electrons. The van der Waals surface area contributed by atoms with Gasteiger partial charge in [-0.25, -0.2) is 5.48 Å². The van der Waals surface area contributed by atoms with Crippen LogP contribution in [0.25, 0.3) is 0 Å². The van der Waals surface area contributed by atoms with Crippen molar-refractivity contribution in [1.29, 1.82) is 0 Å². The van der Waals surface area contributed by atoms with Crippen LogP contribution in [0.15, 0.2) is 24.3 Å². The highest BCUT2D eigenvalue weighted by Gasteiger charge is 2.51. The summed E-state index contributed by atoms with van der Waals surface area (Å²) in [6.45, 7) is 2.61. The van der Waals surface area contributed by atoms with Crippen molar-refractivity contribution in [3.8, 4) is 0 Å². The molecule has 0 heterocycles. The number of nitrogens with one attached hydrogen (secondary N) is 1. The normalized spacial score (nSPS) is 16.0. The van der Waals surface area contributed by atoms with E-state index in [2.05, 4.69) is 25.1 Å². The highest BCUT2D eigenvalue weighted by molar-refractivity contribution is 5.91. The Bertz CT molecular complexity index is 628. The van der Waals surface area contributed by atoms with Crippen molar-refractivity contribution in [3.63, 3.8) is 0 Å². The molecule has 0 aromatic heterocycles. The van der Waals surface area contributed by atoms with Crippen LogP contribution in [-0.2, 0) is 16.0 Å². The molecular formula is C20H31N3O3. The monoisotopic (exact) mass is 361 g/mol. The largest absolute Gasteiger partial charge is 0.333 e. The minimum atomic E-state index is -0.657. The average Bonchev–Trinajstić information content (AvgIpc) is 3.43. The van der Waals surface area contributed by atoms with Crippen LogP contribution in [0.3, 0.4) is 0 Å². The highest BCUT2D eigenvalue weighted by Crippen LogP contribution is 2.51. The second-order valence-electron chi connectivity index (χ2n) is 7.46. The summed E-state index contributed by atoms with van der Waals surface area (Å²) in [7, 11) is 1.66. The lowest BCUT2D eigenvalue weighted by molar-refractivity contribution is -0.146. The molecule has 144 valence electrons. The quantitative estimate of drug-likeness (QED) is 0.338. The Balaban J connectivity index is 2.00.